The zero-order chi connectivity index (χ0) is 21.4. The van der Waals surface area contributed by atoms with Gasteiger partial charge in [0.2, 0.25) is 0 Å². The summed E-state index contributed by atoms with van der Waals surface area (Å²) in [5, 5.41) is 0. The van der Waals surface area contributed by atoms with Gasteiger partial charge in [0.25, 0.3) is 11.8 Å². The molecular weight excluding hydrogens is 380 g/mol. The first kappa shape index (κ1) is 20.2. The average molecular weight is 406 g/mol. The summed E-state index contributed by atoms with van der Waals surface area (Å²) < 4.78 is 10.7. The number of hydrogen-bond donors (Lipinski definition) is 0. The molecule has 0 radical (unpaired) electrons. The van der Waals surface area contributed by atoms with Gasteiger partial charge in [0.15, 0.2) is 0 Å². The summed E-state index contributed by atoms with van der Waals surface area (Å²) in [6.45, 7) is 2.96. The Morgan fingerprint density at radius 3 is 2.50 bits per heavy atom. The highest BCUT2D eigenvalue weighted by Gasteiger charge is 2.41. The summed E-state index contributed by atoms with van der Waals surface area (Å²) in [7, 11) is 4.95. The number of nitrogens with zero attached hydrogens (tertiary/aromatic N) is 2. The molecule has 2 aliphatic heterocycles. The van der Waals surface area contributed by atoms with Gasteiger partial charge in [0.05, 0.1) is 25.0 Å². The predicted octanol–water partition coefficient (Wildman–Crippen LogP) is 3.08. The number of aryl methyl sites for hydroxylation is 1. The molecule has 156 valence electrons. The summed E-state index contributed by atoms with van der Waals surface area (Å²) in [5.74, 6) is 0.346. The normalized spacial score (nSPS) is 18.1. The number of benzene rings is 2. The van der Waals surface area contributed by atoms with E-state index in [-0.39, 0.29) is 11.8 Å². The zero-order valence-electron chi connectivity index (χ0n) is 17.8. The van der Waals surface area contributed by atoms with E-state index in [1.165, 1.54) is 5.56 Å². The second-order valence-corrected chi connectivity index (χ2v) is 7.76. The molecule has 4 rings (SSSR count). The number of ether oxygens (including phenoxy) is 2. The van der Waals surface area contributed by atoms with E-state index >= 15 is 0 Å². The van der Waals surface area contributed by atoms with Crippen LogP contribution in [0.15, 0.2) is 42.5 Å². The predicted molar refractivity (Wildman–Crippen MR) is 116 cm³/mol. The van der Waals surface area contributed by atoms with Gasteiger partial charge in [0.1, 0.15) is 11.8 Å². The molecule has 6 nitrogen and oxygen atoms in total. The fraction of sp³-hybridized carbons (Fsp3) is 0.333. The van der Waals surface area contributed by atoms with Crippen LogP contribution < -0.4 is 9.64 Å². The van der Waals surface area contributed by atoms with Crippen LogP contribution in [-0.2, 0) is 16.0 Å². The first-order valence-electron chi connectivity index (χ1n) is 10.0. The van der Waals surface area contributed by atoms with E-state index in [1.807, 2.05) is 43.3 Å². The number of hydrogen-bond acceptors (Lipinski definition) is 4. The quantitative estimate of drug-likeness (QED) is 0.766. The van der Waals surface area contributed by atoms with E-state index in [0.717, 1.165) is 16.7 Å². The van der Waals surface area contributed by atoms with Crippen molar-refractivity contribution in [1.29, 1.82) is 0 Å². The van der Waals surface area contributed by atoms with Crippen molar-refractivity contribution >= 4 is 23.1 Å². The van der Waals surface area contributed by atoms with Crippen molar-refractivity contribution in [1.82, 2.24) is 4.90 Å². The molecule has 0 fully saturated rings. The monoisotopic (exact) mass is 406 g/mol. The second kappa shape index (κ2) is 7.95. The Hall–Kier alpha value is -3.12. The number of carbonyl (C=O) groups excluding carboxylic acids is 2. The average Bonchev–Trinajstić information content (AvgIpc) is 3.19. The fourth-order valence-corrected chi connectivity index (χ4v) is 4.10. The van der Waals surface area contributed by atoms with Gasteiger partial charge in [-0.15, -0.1) is 0 Å². The maximum absolute atomic E-state index is 13.5. The molecule has 30 heavy (non-hydrogen) atoms. The van der Waals surface area contributed by atoms with E-state index in [2.05, 4.69) is 0 Å². The van der Waals surface area contributed by atoms with Gasteiger partial charge in [-0.3, -0.25) is 9.59 Å². The molecule has 0 saturated carbocycles. The summed E-state index contributed by atoms with van der Waals surface area (Å²) in [5.41, 5.74) is 5.18. The van der Waals surface area contributed by atoms with Gasteiger partial charge in [-0.1, -0.05) is 29.8 Å². The van der Waals surface area contributed by atoms with Gasteiger partial charge < -0.3 is 19.3 Å². The Morgan fingerprint density at radius 1 is 1.10 bits per heavy atom. The molecule has 1 atom stereocenters. The van der Waals surface area contributed by atoms with Crippen molar-refractivity contribution in [3.05, 3.63) is 64.7 Å². The van der Waals surface area contributed by atoms with Crippen molar-refractivity contribution in [2.24, 2.45) is 0 Å². The van der Waals surface area contributed by atoms with Gasteiger partial charge in [-0.05, 0) is 48.3 Å². The molecule has 6 heteroatoms. The van der Waals surface area contributed by atoms with Gasteiger partial charge in [0, 0.05) is 20.7 Å². The van der Waals surface area contributed by atoms with E-state index in [1.54, 1.807) is 37.1 Å². The molecule has 0 aliphatic carbocycles. The van der Waals surface area contributed by atoms with Gasteiger partial charge in [-0.25, -0.2) is 0 Å². The van der Waals surface area contributed by atoms with Crippen LogP contribution in [0.2, 0.25) is 0 Å². The Kier molecular flexibility index (Phi) is 5.35. The molecule has 2 aromatic carbocycles. The van der Waals surface area contributed by atoms with Crippen molar-refractivity contribution in [3.8, 4) is 5.75 Å². The number of methoxy groups -OCH3 is 2. The first-order valence-corrected chi connectivity index (χ1v) is 10.0. The number of amides is 2. The van der Waals surface area contributed by atoms with Crippen LogP contribution in [0.1, 0.15) is 27.0 Å². The summed E-state index contributed by atoms with van der Waals surface area (Å²) >= 11 is 0. The third-order valence-corrected chi connectivity index (χ3v) is 5.87. The van der Waals surface area contributed by atoms with Crippen LogP contribution in [0.25, 0.3) is 5.57 Å². The lowest BCUT2D eigenvalue weighted by atomic mass is 10.0. The van der Waals surface area contributed by atoms with Gasteiger partial charge in [-0.2, -0.15) is 0 Å². The molecule has 0 bridgehead atoms. The largest absolute Gasteiger partial charge is 0.496 e. The molecule has 2 aliphatic rings. The molecule has 2 heterocycles. The van der Waals surface area contributed by atoms with E-state index in [9.17, 15) is 9.59 Å². The molecule has 0 aromatic heterocycles. The lowest BCUT2D eigenvalue weighted by Crippen LogP contribution is -2.43. The first-order chi connectivity index (χ1) is 14.4. The highest BCUT2D eigenvalue weighted by atomic mass is 16.5. The standard InChI is InChI=1S/C24H26N2O4/c1-15-5-7-16(8-6-15)18-12-21-24(28)25(2)20-11-17(9-10-29-3)22(30-4)13-19(20)23(27)26(21)14-18/h5-8,11-13,21H,9-10,14H2,1-4H3/t21-/m0/s1. The minimum absolute atomic E-state index is 0.118. The third kappa shape index (κ3) is 3.37. The van der Waals surface area contributed by atoms with Crippen LogP contribution in [0.4, 0.5) is 5.69 Å². The maximum atomic E-state index is 13.5. The summed E-state index contributed by atoms with van der Waals surface area (Å²) in [6, 6.07) is 11.2. The maximum Gasteiger partial charge on any atom is 0.257 e. The minimum atomic E-state index is -0.611. The third-order valence-electron chi connectivity index (χ3n) is 5.87. The Morgan fingerprint density at radius 2 is 1.83 bits per heavy atom. The van der Waals surface area contributed by atoms with Crippen LogP contribution in [0.3, 0.4) is 0 Å². The molecule has 0 spiro atoms. The Labute approximate surface area is 176 Å². The second-order valence-electron chi connectivity index (χ2n) is 7.76. The van der Waals surface area contributed by atoms with Crippen molar-refractivity contribution < 1.29 is 19.1 Å². The van der Waals surface area contributed by atoms with Crippen molar-refractivity contribution in [2.45, 2.75) is 19.4 Å². The zero-order valence-corrected chi connectivity index (χ0v) is 17.8. The lowest BCUT2D eigenvalue weighted by Gasteiger charge is -2.22. The number of carbonyl (C=O) groups is 2. The number of rotatable bonds is 5. The lowest BCUT2D eigenvalue weighted by molar-refractivity contribution is -0.120. The number of likely N-dealkylation sites (N-methyl/N-ethyl adjacent to an activating group) is 1. The van der Waals surface area contributed by atoms with Crippen molar-refractivity contribution in [2.75, 3.05) is 39.3 Å². The number of fused-ring (bicyclic) bond motifs is 2. The molecular formula is C24H26N2O4. The highest BCUT2D eigenvalue weighted by molar-refractivity contribution is 6.13. The van der Waals surface area contributed by atoms with Crippen LogP contribution in [0.5, 0.6) is 5.75 Å². The summed E-state index contributed by atoms with van der Waals surface area (Å²) in [4.78, 5) is 30.0. The van der Waals surface area contributed by atoms with Crippen LogP contribution >= 0.6 is 0 Å². The van der Waals surface area contributed by atoms with E-state index in [0.29, 0.717) is 36.6 Å². The molecule has 2 aromatic rings. The SMILES string of the molecule is COCCc1cc2c(cc1OC)C(=O)N1CC(c3ccc(C)cc3)=C[C@H]1C(=O)N2C. The van der Waals surface area contributed by atoms with Gasteiger partial charge >= 0.3 is 0 Å². The molecule has 0 N–H and O–H groups in total. The smallest absolute Gasteiger partial charge is 0.257 e. The molecule has 0 unspecified atom stereocenters. The minimum Gasteiger partial charge on any atom is -0.496 e. The highest BCUT2D eigenvalue weighted by Crippen LogP contribution is 2.37. The number of anilines is 1. The van der Waals surface area contributed by atoms with Crippen molar-refractivity contribution in [3.63, 3.8) is 0 Å². The van der Waals surface area contributed by atoms with Crippen LogP contribution in [-0.4, -0.2) is 57.2 Å². The van der Waals surface area contributed by atoms with E-state index in [4.69, 9.17) is 9.47 Å². The Balaban J connectivity index is 1.74. The molecule has 0 saturated heterocycles. The van der Waals surface area contributed by atoms with Crippen LogP contribution in [0, 0.1) is 6.92 Å². The topological polar surface area (TPSA) is 59.1 Å². The Bertz CT molecular complexity index is 1030. The van der Waals surface area contributed by atoms with E-state index < -0.39 is 6.04 Å². The summed E-state index contributed by atoms with van der Waals surface area (Å²) in [6.07, 6.45) is 2.55. The fourth-order valence-electron chi connectivity index (χ4n) is 4.10. The molecule has 2 amide bonds.